The zero-order valence-electron chi connectivity index (χ0n) is 9.27. The molecule has 0 aliphatic carbocycles. The molecule has 0 unspecified atom stereocenters. The van der Waals surface area contributed by atoms with Crippen LogP contribution >= 0.6 is 12.2 Å². The molecular formula is C10H16N4OS. The number of carbonyl (C=O) groups is 1. The van der Waals surface area contributed by atoms with Crippen LogP contribution in [0.25, 0.3) is 0 Å². The Hall–Kier alpha value is -1.43. The van der Waals surface area contributed by atoms with Crippen molar-refractivity contribution in [3.8, 4) is 0 Å². The minimum Gasteiger partial charge on any atom is -0.393 e. The molecule has 0 saturated heterocycles. The first-order valence-electron chi connectivity index (χ1n) is 5.14. The van der Waals surface area contributed by atoms with Crippen molar-refractivity contribution in [2.75, 3.05) is 6.54 Å². The smallest absolute Gasteiger partial charge is 0.254 e. The van der Waals surface area contributed by atoms with Crippen LogP contribution < -0.4 is 11.1 Å². The summed E-state index contributed by atoms with van der Waals surface area (Å²) >= 11 is 4.76. The SMILES string of the molecule is Cn1cc(C(=O)NCCCCC(N)=S)cn1. The highest BCUT2D eigenvalue weighted by Gasteiger charge is 2.06. The van der Waals surface area contributed by atoms with Crippen LogP contribution in [0.4, 0.5) is 0 Å². The molecular weight excluding hydrogens is 224 g/mol. The number of nitrogens with two attached hydrogens (primary N) is 1. The second-order valence-corrected chi connectivity index (χ2v) is 4.11. The zero-order chi connectivity index (χ0) is 12.0. The number of hydrogen-bond acceptors (Lipinski definition) is 3. The Morgan fingerprint density at radius 1 is 1.62 bits per heavy atom. The summed E-state index contributed by atoms with van der Waals surface area (Å²) in [5.74, 6) is -0.0941. The zero-order valence-corrected chi connectivity index (χ0v) is 10.1. The summed E-state index contributed by atoms with van der Waals surface area (Å²) in [4.78, 5) is 12.1. The first-order chi connectivity index (χ1) is 7.59. The topological polar surface area (TPSA) is 72.9 Å². The Morgan fingerprint density at radius 2 is 2.38 bits per heavy atom. The van der Waals surface area contributed by atoms with Gasteiger partial charge in [0.15, 0.2) is 0 Å². The van der Waals surface area contributed by atoms with Gasteiger partial charge in [-0.05, 0) is 19.3 Å². The van der Waals surface area contributed by atoms with E-state index >= 15 is 0 Å². The van der Waals surface area contributed by atoms with Crippen molar-refractivity contribution in [2.45, 2.75) is 19.3 Å². The third-order valence-electron chi connectivity index (χ3n) is 2.10. The normalized spacial score (nSPS) is 10.1. The number of rotatable bonds is 6. The minimum atomic E-state index is -0.0941. The second-order valence-electron chi connectivity index (χ2n) is 3.58. The van der Waals surface area contributed by atoms with E-state index in [0.717, 1.165) is 19.3 Å². The molecule has 1 aromatic rings. The molecule has 0 bridgehead atoms. The molecule has 0 spiro atoms. The van der Waals surface area contributed by atoms with Gasteiger partial charge in [-0.15, -0.1) is 0 Å². The van der Waals surface area contributed by atoms with Crippen molar-refractivity contribution in [1.29, 1.82) is 0 Å². The fraction of sp³-hybridized carbons (Fsp3) is 0.500. The van der Waals surface area contributed by atoms with E-state index in [4.69, 9.17) is 18.0 Å². The molecule has 0 saturated carbocycles. The highest BCUT2D eigenvalue weighted by atomic mass is 32.1. The molecule has 1 aromatic heterocycles. The van der Waals surface area contributed by atoms with Gasteiger partial charge in [-0.25, -0.2) is 0 Å². The van der Waals surface area contributed by atoms with Gasteiger partial charge < -0.3 is 11.1 Å². The fourth-order valence-electron chi connectivity index (χ4n) is 1.27. The number of aromatic nitrogens is 2. The van der Waals surface area contributed by atoms with Gasteiger partial charge in [0, 0.05) is 19.8 Å². The standard InChI is InChI=1S/C10H16N4OS/c1-14-7-8(6-13-14)10(15)12-5-3-2-4-9(11)16/h6-7H,2-5H2,1H3,(H2,11,16)(H,12,15). The van der Waals surface area contributed by atoms with Crippen LogP contribution in [0.3, 0.4) is 0 Å². The Balaban J connectivity index is 2.18. The van der Waals surface area contributed by atoms with Gasteiger partial charge in [0.1, 0.15) is 0 Å². The number of amides is 1. The van der Waals surface area contributed by atoms with E-state index in [0.29, 0.717) is 17.1 Å². The van der Waals surface area contributed by atoms with E-state index in [1.807, 2.05) is 0 Å². The number of unbranched alkanes of at least 4 members (excludes halogenated alkanes) is 1. The van der Waals surface area contributed by atoms with Crippen molar-refractivity contribution in [3.05, 3.63) is 18.0 Å². The highest BCUT2D eigenvalue weighted by Crippen LogP contribution is 1.97. The molecule has 0 fully saturated rings. The molecule has 3 N–H and O–H groups in total. The Bertz CT molecular complexity index is 375. The summed E-state index contributed by atoms with van der Waals surface area (Å²) in [6.07, 6.45) is 5.75. The molecule has 16 heavy (non-hydrogen) atoms. The van der Waals surface area contributed by atoms with E-state index in [2.05, 4.69) is 10.4 Å². The molecule has 0 aromatic carbocycles. The average molecular weight is 240 g/mol. The van der Waals surface area contributed by atoms with Crippen LogP contribution in [-0.2, 0) is 7.05 Å². The third-order valence-corrected chi connectivity index (χ3v) is 2.31. The molecule has 0 atom stereocenters. The number of thiocarbonyl (C=S) groups is 1. The lowest BCUT2D eigenvalue weighted by atomic mass is 10.2. The van der Waals surface area contributed by atoms with Crippen molar-refractivity contribution in [1.82, 2.24) is 15.1 Å². The summed E-state index contributed by atoms with van der Waals surface area (Å²) in [7, 11) is 1.78. The van der Waals surface area contributed by atoms with Crippen molar-refractivity contribution >= 4 is 23.1 Å². The van der Waals surface area contributed by atoms with E-state index in [1.165, 1.54) is 0 Å². The van der Waals surface area contributed by atoms with Gasteiger partial charge in [-0.3, -0.25) is 9.48 Å². The predicted octanol–water partition coefficient (Wildman–Crippen LogP) is 0.606. The Labute approximate surface area is 100 Å². The molecule has 0 aliphatic rings. The lowest BCUT2D eigenvalue weighted by Crippen LogP contribution is -2.24. The summed E-state index contributed by atoms with van der Waals surface area (Å²) in [6.45, 7) is 0.635. The minimum absolute atomic E-state index is 0.0941. The van der Waals surface area contributed by atoms with Gasteiger partial charge in [0.05, 0.1) is 16.7 Å². The van der Waals surface area contributed by atoms with Crippen LogP contribution in [0, 0.1) is 0 Å². The molecule has 1 rings (SSSR count). The average Bonchev–Trinajstić information content (AvgIpc) is 2.63. The molecule has 1 amide bonds. The largest absolute Gasteiger partial charge is 0.393 e. The summed E-state index contributed by atoms with van der Waals surface area (Å²) < 4.78 is 1.60. The third kappa shape index (κ3) is 4.39. The molecule has 1 heterocycles. The Morgan fingerprint density at radius 3 is 2.94 bits per heavy atom. The van der Waals surface area contributed by atoms with Crippen molar-refractivity contribution in [2.24, 2.45) is 12.8 Å². The monoisotopic (exact) mass is 240 g/mol. The predicted molar refractivity (Wildman–Crippen MR) is 66.2 cm³/mol. The molecule has 0 aliphatic heterocycles. The number of nitrogens with one attached hydrogen (secondary N) is 1. The molecule has 88 valence electrons. The van der Waals surface area contributed by atoms with Gasteiger partial charge in [0.25, 0.3) is 5.91 Å². The molecule has 0 radical (unpaired) electrons. The van der Waals surface area contributed by atoms with Crippen LogP contribution in [0.2, 0.25) is 0 Å². The lowest BCUT2D eigenvalue weighted by molar-refractivity contribution is 0.0953. The van der Waals surface area contributed by atoms with Gasteiger partial charge in [-0.1, -0.05) is 12.2 Å². The number of nitrogens with zero attached hydrogens (tertiary/aromatic N) is 2. The lowest BCUT2D eigenvalue weighted by Gasteiger charge is -2.02. The summed E-state index contributed by atoms with van der Waals surface area (Å²) in [5, 5.41) is 6.74. The van der Waals surface area contributed by atoms with Gasteiger partial charge in [-0.2, -0.15) is 5.10 Å². The van der Waals surface area contributed by atoms with Crippen molar-refractivity contribution < 1.29 is 4.79 Å². The maximum absolute atomic E-state index is 11.5. The highest BCUT2D eigenvalue weighted by molar-refractivity contribution is 7.80. The second kappa shape index (κ2) is 6.22. The fourth-order valence-corrected chi connectivity index (χ4v) is 1.41. The molecule has 5 nitrogen and oxygen atoms in total. The van der Waals surface area contributed by atoms with E-state index in [9.17, 15) is 4.79 Å². The van der Waals surface area contributed by atoms with Gasteiger partial charge >= 0.3 is 0 Å². The van der Waals surface area contributed by atoms with Crippen LogP contribution in [0.1, 0.15) is 29.6 Å². The number of hydrogen-bond donors (Lipinski definition) is 2. The summed E-state index contributed by atoms with van der Waals surface area (Å²) in [6, 6.07) is 0. The van der Waals surface area contributed by atoms with Crippen LogP contribution in [0.5, 0.6) is 0 Å². The molecule has 6 heteroatoms. The first kappa shape index (κ1) is 12.6. The maximum atomic E-state index is 11.5. The number of aryl methyl sites for hydroxylation is 1. The Kier molecular flexibility index (Phi) is 4.91. The van der Waals surface area contributed by atoms with Crippen LogP contribution in [-0.4, -0.2) is 27.2 Å². The number of carbonyl (C=O) groups excluding carboxylic acids is 1. The van der Waals surface area contributed by atoms with E-state index in [-0.39, 0.29) is 5.91 Å². The first-order valence-corrected chi connectivity index (χ1v) is 5.55. The van der Waals surface area contributed by atoms with E-state index < -0.39 is 0 Å². The van der Waals surface area contributed by atoms with E-state index in [1.54, 1.807) is 24.1 Å². The van der Waals surface area contributed by atoms with Crippen molar-refractivity contribution in [3.63, 3.8) is 0 Å². The summed E-state index contributed by atoms with van der Waals surface area (Å²) in [5.41, 5.74) is 5.94. The van der Waals surface area contributed by atoms with Gasteiger partial charge in [0.2, 0.25) is 0 Å². The van der Waals surface area contributed by atoms with Crippen LogP contribution in [0.15, 0.2) is 12.4 Å². The maximum Gasteiger partial charge on any atom is 0.254 e. The quantitative estimate of drug-likeness (QED) is 0.564.